The zero-order chi connectivity index (χ0) is 17.8. The summed E-state index contributed by atoms with van der Waals surface area (Å²) in [6.45, 7) is 2.07. The van der Waals surface area contributed by atoms with Crippen molar-refractivity contribution >= 4 is 33.0 Å². The normalized spacial score (nSPS) is 12.6. The van der Waals surface area contributed by atoms with E-state index in [0.29, 0.717) is 0 Å². The molecule has 0 aliphatic rings. The van der Waals surface area contributed by atoms with Crippen LogP contribution in [0.5, 0.6) is 5.75 Å². The number of hydrogen-bond acceptors (Lipinski definition) is 4. The van der Waals surface area contributed by atoms with Crippen LogP contribution in [0.25, 0.3) is 11.3 Å². The van der Waals surface area contributed by atoms with Gasteiger partial charge in [-0.15, -0.1) is 11.3 Å². The third-order valence-corrected chi connectivity index (χ3v) is 5.21. The van der Waals surface area contributed by atoms with Gasteiger partial charge in [0.2, 0.25) is 4.80 Å². The van der Waals surface area contributed by atoms with Gasteiger partial charge in [-0.2, -0.15) is 5.10 Å². The van der Waals surface area contributed by atoms with Crippen molar-refractivity contribution in [1.82, 2.24) is 4.68 Å². The minimum absolute atomic E-state index is 0.252. The lowest BCUT2D eigenvalue weighted by Gasteiger charge is -2.08. The van der Waals surface area contributed by atoms with E-state index in [2.05, 4.69) is 45.4 Å². The standard InChI is InChI=1S/C19H18BrN3OS/c1-3-17(13-6-10-16(24)11-7-13)22-23-18(12-25-19(23)21-2)14-4-8-15(20)9-5-14/h4-12,24H,3H2,1-2H3. The minimum Gasteiger partial charge on any atom is -0.508 e. The summed E-state index contributed by atoms with van der Waals surface area (Å²) in [5.41, 5.74) is 4.01. The fraction of sp³-hybridized carbons (Fsp3) is 0.158. The molecule has 0 amide bonds. The predicted octanol–water partition coefficient (Wildman–Crippen LogP) is 4.88. The molecule has 1 heterocycles. The summed E-state index contributed by atoms with van der Waals surface area (Å²) in [7, 11) is 1.77. The SMILES string of the molecule is CCC(=Nn1c(-c2ccc(Br)cc2)csc1=NC)c1ccc(O)cc1. The molecule has 25 heavy (non-hydrogen) atoms. The van der Waals surface area contributed by atoms with Gasteiger partial charge in [0, 0.05) is 22.5 Å². The lowest BCUT2D eigenvalue weighted by atomic mass is 10.1. The van der Waals surface area contributed by atoms with Crippen LogP contribution in [0.2, 0.25) is 0 Å². The molecule has 3 aromatic rings. The first-order valence-corrected chi connectivity index (χ1v) is 9.56. The van der Waals surface area contributed by atoms with E-state index in [9.17, 15) is 5.11 Å². The maximum Gasteiger partial charge on any atom is 0.205 e. The van der Waals surface area contributed by atoms with Gasteiger partial charge in [0.1, 0.15) is 5.75 Å². The molecule has 1 N–H and O–H groups in total. The molecule has 6 heteroatoms. The van der Waals surface area contributed by atoms with Crippen LogP contribution < -0.4 is 4.80 Å². The first-order valence-electron chi connectivity index (χ1n) is 7.89. The molecule has 0 radical (unpaired) electrons. The Hall–Kier alpha value is -2.18. The van der Waals surface area contributed by atoms with E-state index < -0.39 is 0 Å². The van der Waals surface area contributed by atoms with Crippen LogP contribution in [0.1, 0.15) is 18.9 Å². The highest BCUT2D eigenvalue weighted by atomic mass is 79.9. The molecule has 3 rings (SSSR count). The molecule has 0 unspecified atom stereocenters. The topological polar surface area (TPSA) is 49.9 Å². The number of rotatable bonds is 4. The van der Waals surface area contributed by atoms with E-state index >= 15 is 0 Å². The smallest absolute Gasteiger partial charge is 0.205 e. The first-order chi connectivity index (χ1) is 12.1. The molecule has 0 saturated heterocycles. The highest BCUT2D eigenvalue weighted by Crippen LogP contribution is 2.23. The highest BCUT2D eigenvalue weighted by Gasteiger charge is 2.09. The third kappa shape index (κ3) is 3.91. The fourth-order valence-electron chi connectivity index (χ4n) is 2.47. The lowest BCUT2D eigenvalue weighted by molar-refractivity contribution is 0.475. The molecule has 0 fully saturated rings. The molecular weight excluding hydrogens is 398 g/mol. The van der Waals surface area contributed by atoms with Crippen molar-refractivity contribution in [1.29, 1.82) is 0 Å². The van der Waals surface area contributed by atoms with E-state index in [-0.39, 0.29) is 5.75 Å². The van der Waals surface area contributed by atoms with Gasteiger partial charge in [-0.05, 0) is 48.4 Å². The van der Waals surface area contributed by atoms with Gasteiger partial charge < -0.3 is 5.11 Å². The van der Waals surface area contributed by atoms with Crippen LogP contribution in [0, 0.1) is 0 Å². The van der Waals surface area contributed by atoms with E-state index in [0.717, 1.165) is 38.2 Å². The zero-order valence-electron chi connectivity index (χ0n) is 14.0. The molecular formula is C19H18BrN3OS. The van der Waals surface area contributed by atoms with Gasteiger partial charge in [-0.3, -0.25) is 4.99 Å². The third-order valence-electron chi connectivity index (χ3n) is 3.77. The first kappa shape index (κ1) is 17.6. The second-order valence-corrected chi connectivity index (χ2v) is 7.15. The summed E-state index contributed by atoms with van der Waals surface area (Å²) in [5, 5.41) is 16.4. The van der Waals surface area contributed by atoms with Crippen LogP contribution >= 0.6 is 27.3 Å². The molecule has 0 spiro atoms. The molecule has 0 aliphatic heterocycles. The fourth-order valence-corrected chi connectivity index (χ4v) is 3.54. The Morgan fingerprint density at radius 2 is 1.80 bits per heavy atom. The molecule has 0 atom stereocenters. The number of thiazole rings is 1. The molecule has 128 valence electrons. The van der Waals surface area contributed by atoms with E-state index in [1.165, 1.54) is 0 Å². The Morgan fingerprint density at radius 1 is 1.12 bits per heavy atom. The Labute approximate surface area is 158 Å². The Balaban J connectivity index is 2.13. The van der Waals surface area contributed by atoms with Crippen molar-refractivity contribution in [3.63, 3.8) is 0 Å². The number of benzene rings is 2. The summed E-state index contributed by atoms with van der Waals surface area (Å²) in [4.78, 5) is 5.19. The second kappa shape index (κ2) is 7.80. The number of halogens is 1. The van der Waals surface area contributed by atoms with Crippen LogP contribution in [0.3, 0.4) is 0 Å². The highest BCUT2D eigenvalue weighted by molar-refractivity contribution is 9.10. The molecule has 0 bridgehead atoms. The van der Waals surface area contributed by atoms with Crippen molar-refractivity contribution in [2.24, 2.45) is 10.1 Å². The van der Waals surface area contributed by atoms with Gasteiger partial charge in [-0.1, -0.05) is 35.0 Å². The van der Waals surface area contributed by atoms with Crippen LogP contribution in [0.15, 0.2) is 68.5 Å². The van der Waals surface area contributed by atoms with Gasteiger partial charge in [-0.25, -0.2) is 4.68 Å². The molecule has 2 aromatic carbocycles. The average Bonchev–Trinajstić information content (AvgIpc) is 3.04. The van der Waals surface area contributed by atoms with Crippen LogP contribution in [0.4, 0.5) is 0 Å². The van der Waals surface area contributed by atoms with Crippen molar-refractivity contribution < 1.29 is 5.11 Å². The van der Waals surface area contributed by atoms with Gasteiger partial charge in [0.05, 0.1) is 11.4 Å². The number of aromatic hydroxyl groups is 1. The van der Waals surface area contributed by atoms with E-state index in [1.54, 1.807) is 30.5 Å². The molecule has 0 saturated carbocycles. The molecule has 4 nitrogen and oxygen atoms in total. The molecule has 0 aliphatic carbocycles. The zero-order valence-corrected chi connectivity index (χ0v) is 16.4. The van der Waals surface area contributed by atoms with Gasteiger partial charge in [0.15, 0.2) is 0 Å². The number of hydrogen-bond donors (Lipinski definition) is 1. The van der Waals surface area contributed by atoms with E-state index in [4.69, 9.17) is 5.10 Å². The minimum atomic E-state index is 0.252. The van der Waals surface area contributed by atoms with Crippen molar-refractivity contribution in [3.05, 3.63) is 68.7 Å². The number of phenolic OH excluding ortho intramolecular Hbond substituents is 1. The monoisotopic (exact) mass is 415 g/mol. The summed E-state index contributed by atoms with van der Waals surface area (Å²) < 4.78 is 2.93. The molecule has 1 aromatic heterocycles. The largest absolute Gasteiger partial charge is 0.508 e. The average molecular weight is 416 g/mol. The summed E-state index contributed by atoms with van der Waals surface area (Å²) in [6.07, 6.45) is 0.774. The quantitative estimate of drug-likeness (QED) is 0.606. The van der Waals surface area contributed by atoms with E-state index in [1.807, 2.05) is 28.9 Å². The summed E-state index contributed by atoms with van der Waals surface area (Å²) in [5.74, 6) is 0.252. The maximum absolute atomic E-state index is 9.50. The van der Waals surface area contributed by atoms with Crippen molar-refractivity contribution in [2.75, 3.05) is 7.05 Å². The Bertz CT molecular complexity index is 954. The summed E-state index contributed by atoms with van der Waals surface area (Å²) in [6, 6.07) is 15.3. The second-order valence-electron chi connectivity index (χ2n) is 5.39. The Kier molecular flexibility index (Phi) is 5.50. The predicted molar refractivity (Wildman–Crippen MR) is 107 cm³/mol. The van der Waals surface area contributed by atoms with Gasteiger partial charge in [0.25, 0.3) is 0 Å². The van der Waals surface area contributed by atoms with Crippen molar-refractivity contribution in [2.45, 2.75) is 13.3 Å². The Morgan fingerprint density at radius 3 is 2.40 bits per heavy atom. The lowest BCUT2D eigenvalue weighted by Crippen LogP contribution is -2.14. The van der Waals surface area contributed by atoms with Gasteiger partial charge >= 0.3 is 0 Å². The number of phenols is 1. The number of aromatic nitrogens is 1. The summed E-state index contributed by atoms with van der Waals surface area (Å²) >= 11 is 5.04. The van der Waals surface area contributed by atoms with Crippen LogP contribution in [-0.2, 0) is 0 Å². The van der Waals surface area contributed by atoms with Crippen molar-refractivity contribution in [3.8, 4) is 17.0 Å². The maximum atomic E-state index is 9.50. The number of nitrogens with zero attached hydrogens (tertiary/aromatic N) is 3. The van der Waals surface area contributed by atoms with Crippen LogP contribution in [-0.4, -0.2) is 22.5 Å².